The Hall–Kier alpha value is -1.38. The maximum atomic E-state index is 11.4. The van der Waals surface area contributed by atoms with Gasteiger partial charge in [-0.1, -0.05) is 37.3 Å². The van der Waals surface area contributed by atoms with Crippen LogP contribution in [0.2, 0.25) is 0 Å². The second kappa shape index (κ2) is 5.94. The molecule has 1 saturated carbocycles. The fraction of sp³-hybridized carbons (Fsp3) is 0.533. The quantitative estimate of drug-likeness (QED) is 0.865. The fourth-order valence-electron chi connectivity index (χ4n) is 2.64. The van der Waals surface area contributed by atoms with Gasteiger partial charge in [0, 0.05) is 18.3 Å². The first kappa shape index (κ1) is 15.0. The number of rotatable bonds is 6. The molecule has 0 amide bonds. The molecule has 0 atom stereocenters. The molecule has 0 unspecified atom stereocenters. The summed E-state index contributed by atoms with van der Waals surface area (Å²) >= 11 is 0. The van der Waals surface area contributed by atoms with E-state index in [1.54, 1.807) is 6.92 Å². The molecular formula is C15H20N2O2S. The van der Waals surface area contributed by atoms with E-state index in [4.69, 9.17) is 0 Å². The molecule has 20 heavy (non-hydrogen) atoms. The SMILES string of the molecule is CCS(=O)(=O)CCNC1CC(C#N)(c2ccccc2)C1. The van der Waals surface area contributed by atoms with Crippen LogP contribution in [0.4, 0.5) is 0 Å². The Morgan fingerprint density at radius 1 is 1.35 bits per heavy atom. The minimum Gasteiger partial charge on any atom is -0.313 e. The average molecular weight is 292 g/mol. The molecule has 1 fully saturated rings. The van der Waals surface area contributed by atoms with Crippen LogP contribution in [-0.4, -0.2) is 32.5 Å². The number of nitrogens with zero attached hydrogens (tertiary/aromatic N) is 1. The highest BCUT2D eigenvalue weighted by Gasteiger charge is 2.45. The van der Waals surface area contributed by atoms with Crippen molar-refractivity contribution in [2.24, 2.45) is 0 Å². The van der Waals surface area contributed by atoms with Gasteiger partial charge in [0.1, 0.15) is 0 Å². The van der Waals surface area contributed by atoms with Gasteiger partial charge in [0.25, 0.3) is 0 Å². The van der Waals surface area contributed by atoms with E-state index in [0.29, 0.717) is 6.54 Å². The van der Waals surface area contributed by atoms with Crippen molar-refractivity contribution >= 4 is 9.84 Å². The summed E-state index contributed by atoms with van der Waals surface area (Å²) < 4.78 is 22.8. The fourth-order valence-corrected chi connectivity index (χ4v) is 3.35. The molecule has 1 aliphatic carbocycles. The lowest BCUT2D eigenvalue weighted by atomic mass is 9.62. The van der Waals surface area contributed by atoms with E-state index < -0.39 is 15.3 Å². The lowest BCUT2D eigenvalue weighted by Crippen LogP contribution is -2.51. The van der Waals surface area contributed by atoms with Gasteiger partial charge < -0.3 is 5.32 Å². The van der Waals surface area contributed by atoms with Crippen LogP contribution >= 0.6 is 0 Å². The van der Waals surface area contributed by atoms with Crippen LogP contribution in [-0.2, 0) is 15.3 Å². The molecule has 0 heterocycles. The van der Waals surface area contributed by atoms with Gasteiger partial charge in [0.05, 0.1) is 17.2 Å². The average Bonchev–Trinajstić information content (AvgIpc) is 2.42. The molecule has 0 saturated heterocycles. The monoisotopic (exact) mass is 292 g/mol. The Morgan fingerprint density at radius 2 is 2.00 bits per heavy atom. The minimum absolute atomic E-state index is 0.172. The molecule has 1 N–H and O–H groups in total. The van der Waals surface area contributed by atoms with Crippen molar-refractivity contribution in [3.05, 3.63) is 35.9 Å². The van der Waals surface area contributed by atoms with Crippen LogP contribution < -0.4 is 5.32 Å². The summed E-state index contributed by atoms with van der Waals surface area (Å²) in [7, 11) is -2.91. The lowest BCUT2D eigenvalue weighted by molar-refractivity contribution is 0.230. The van der Waals surface area contributed by atoms with Crippen LogP contribution in [0.1, 0.15) is 25.3 Å². The van der Waals surface area contributed by atoms with E-state index in [-0.39, 0.29) is 17.5 Å². The third-order valence-corrected chi connectivity index (χ3v) is 5.72. The van der Waals surface area contributed by atoms with Crippen molar-refractivity contribution in [1.29, 1.82) is 5.26 Å². The number of hydrogen-bond donors (Lipinski definition) is 1. The highest BCUT2D eigenvalue weighted by Crippen LogP contribution is 2.43. The predicted molar refractivity (Wildman–Crippen MR) is 79.1 cm³/mol. The minimum atomic E-state index is -2.91. The maximum Gasteiger partial charge on any atom is 0.151 e. The largest absolute Gasteiger partial charge is 0.313 e. The number of benzene rings is 1. The molecule has 2 rings (SSSR count). The molecule has 5 heteroatoms. The highest BCUT2D eigenvalue weighted by molar-refractivity contribution is 7.91. The van der Waals surface area contributed by atoms with Gasteiger partial charge in [-0.05, 0) is 18.4 Å². The molecule has 0 radical (unpaired) electrons. The Bertz CT molecular complexity index is 584. The normalized spacial score (nSPS) is 25.7. The van der Waals surface area contributed by atoms with E-state index in [2.05, 4.69) is 11.4 Å². The topological polar surface area (TPSA) is 70.0 Å². The standard InChI is InChI=1S/C15H20N2O2S/c1-2-20(18,19)9-8-17-14-10-15(11-14,12-16)13-6-4-3-5-7-13/h3-7,14,17H,2,8-11H2,1H3. The molecule has 1 aliphatic rings. The number of sulfone groups is 1. The van der Waals surface area contributed by atoms with Gasteiger partial charge >= 0.3 is 0 Å². The summed E-state index contributed by atoms with van der Waals surface area (Å²) in [6, 6.07) is 12.5. The molecule has 1 aromatic rings. The van der Waals surface area contributed by atoms with Gasteiger partial charge in [-0.15, -0.1) is 0 Å². The van der Waals surface area contributed by atoms with Gasteiger partial charge in [-0.2, -0.15) is 5.26 Å². The zero-order valence-electron chi connectivity index (χ0n) is 11.7. The smallest absolute Gasteiger partial charge is 0.151 e. The first-order valence-corrected chi connectivity index (χ1v) is 8.74. The van der Waals surface area contributed by atoms with Crippen molar-refractivity contribution in [2.75, 3.05) is 18.1 Å². The predicted octanol–water partition coefficient (Wildman–Crippen LogP) is 1.63. The second-order valence-corrected chi connectivity index (χ2v) is 7.83. The van der Waals surface area contributed by atoms with E-state index in [0.717, 1.165) is 18.4 Å². The van der Waals surface area contributed by atoms with Crippen LogP contribution in [0.15, 0.2) is 30.3 Å². The van der Waals surface area contributed by atoms with Gasteiger partial charge in [0.15, 0.2) is 9.84 Å². The third-order valence-electron chi connectivity index (χ3n) is 4.02. The molecule has 0 spiro atoms. The van der Waals surface area contributed by atoms with Gasteiger partial charge in [0.2, 0.25) is 0 Å². The summed E-state index contributed by atoms with van der Waals surface area (Å²) in [4.78, 5) is 0. The Labute approximate surface area is 120 Å². The number of nitriles is 1. The number of hydrogen-bond acceptors (Lipinski definition) is 4. The Morgan fingerprint density at radius 3 is 2.55 bits per heavy atom. The van der Waals surface area contributed by atoms with Gasteiger partial charge in [-0.3, -0.25) is 0 Å². The van der Waals surface area contributed by atoms with Crippen molar-refractivity contribution < 1.29 is 8.42 Å². The molecule has 0 aliphatic heterocycles. The first-order valence-electron chi connectivity index (χ1n) is 6.92. The molecule has 0 aromatic heterocycles. The van der Waals surface area contributed by atoms with Crippen LogP contribution in [0, 0.1) is 11.3 Å². The summed E-state index contributed by atoms with van der Waals surface area (Å²) in [5.41, 5.74) is 0.657. The molecule has 0 bridgehead atoms. The zero-order valence-corrected chi connectivity index (χ0v) is 12.5. The zero-order chi connectivity index (χ0) is 14.6. The maximum absolute atomic E-state index is 11.4. The summed E-state index contributed by atoms with van der Waals surface area (Å²) in [5.74, 6) is 0.358. The summed E-state index contributed by atoms with van der Waals surface area (Å²) in [6.45, 7) is 2.13. The molecular weight excluding hydrogens is 272 g/mol. The lowest BCUT2D eigenvalue weighted by Gasteiger charge is -2.43. The van der Waals surface area contributed by atoms with Crippen molar-refractivity contribution in [3.63, 3.8) is 0 Å². The van der Waals surface area contributed by atoms with Crippen LogP contribution in [0.3, 0.4) is 0 Å². The van der Waals surface area contributed by atoms with Crippen molar-refractivity contribution in [2.45, 2.75) is 31.2 Å². The highest BCUT2D eigenvalue weighted by atomic mass is 32.2. The molecule has 108 valence electrons. The van der Waals surface area contributed by atoms with Crippen LogP contribution in [0.25, 0.3) is 0 Å². The Kier molecular flexibility index (Phi) is 4.46. The van der Waals surface area contributed by atoms with Crippen molar-refractivity contribution in [3.8, 4) is 6.07 Å². The van der Waals surface area contributed by atoms with E-state index in [1.165, 1.54) is 0 Å². The van der Waals surface area contributed by atoms with E-state index >= 15 is 0 Å². The first-order chi connectivity index (χ1) is 9.51. The van der Waals surface area contributed by atoms with Crippen LogP contribution in [0.5, 0.6) is 0 Å². The molecule has 1 aromatic carbocycles. The second-order valence-electron chi connectivity index (χ2n) is 5.36. The summed E-state index contributed by atoms with van der Waals surface area (Å²) in [6.07, 6.45) is 1.50. The van der Waals surface area contributed by atoms with Crippen molar-refractivity contribution in [1.82, 2.24) is 5.32 Å². The van der Waals surface area contributed by atoms with E-state index in [1.807, 2.05) is 30.3 Å². The third kappa shape index (κ3) is 3.20. The molecule has 4 nitrogen and oxygen atoms in total. The van der Waals surface area contributed by atoms with E-state index in [9.17, 15) is 13.7 Å². The summed E-state index contributed by atoms with van der Waals surface area (Å²) in [5, 5.41) is 12.7. The number of nitrogens with one attached hydrogen (secondary N) is 1. The van der Waals surface area contributed by atoms with Gasteiger partial charge in [-0.25, -0.2) is 8.42 Å². The Balaban J connectivity index is 1.86.